The average Bonchev–Trinajstić information content (AvgIpc) is 2.16. The Kier molecular flexibility index (Phi) is 2.58. The van der Waals surface area contributed by atoms with Crippen molar-refractivity contribution in [2.45, 2.75) is 0 Å². The van der Waals surface area contributed by atoms with Gasteiger partial charge in [-0.05, 0) is 12.1 Å². The van der Waals surface area contributed by atoms with Gasteiger partial charge in [-0.1, -0.05) is 0 Å². The van der Waals surface area contributed by atoms with Crippen LogP contribution in [0.5, 0.6) is 11.5 Å². The fourth-order valence-corrected chi connectivity index (χ4v) is 1.08. The molecule has 14 heavy (non-hydrogen) atoms. The molecule has 0 bridgehead atoms. The van der Waals surface area contributed by atoms with Gasteiger partial charge in [-0.15, -0.1) is 0 Å². The maximum Gasteiger partial charge on any atom is 0.343 e. The average molecular weight is 193 g/mol. The number of carboxylic acid groups (broad SMARTS) is 1. The van der Waals surface area contributed by atoms with Crippen LogP contribution >= 0.6 is 0 Å². The minimum absolute atomic E-state index is 0.0719. The highest BCUT2D eigenvalue weighted by Gasteiger charge is 2.19. The van der Waals surface area contributed by atoms with Gasteiger partial charge in [-0.25, -0.2) is 4.79 Å². The molecule has 0 aromatic heterocycles. The largest absolute Gasteiger partial charge is 0.507 e. The van der Waals surface area contributed by atoms with Crippen LogP contribution in [0.1, 0.15) is 15.9 Å². The Bertz CT molecular complexity index is 420. The Morgan fingerprint density at radius 2 is 2.21 bits per heavy atom. The van der Waals surface area contributed by atoms with Crippen molar-refractivity contribution >= 4 is 5.97 Å². The first-order valence-electron chi connectivity index (χ1n) is 3.65. The highest BCUT2D eigenvalue weighted by Crippen LogP contribution is 2.30. The molecule has 0 heterocycles. The molecule has 0 amide bonds. The van der Waals surface area contributed by atoms with E-state index in [9.17, 15) is 9.90 Å². The van der Waals surface area contributed by atoms with Crippen LogP contribution in [0, 0.1) is 11.3 Å². The zero-order valence-electron chi connectivity index (χ0n) is 7.31. The van der Waals surface area contributed by atoms with Crippen molar-refractivity contribution in [2.24, 2.45) is 0 Å². The molecule has 0 saturated carbocycles. The molecule has 5 nitrogen and oxygen atoms in total. The molecule has 72 valence electrons. The number of nitriles is 1. The van der Waals surface area contributed by atoms with E-state index in [2.05, 4.69) is 0 Å². The van der Waals surface area contributed by atoms with Gasteiger partial charge in [0.2, 0.25) is 0 Å². The number of methoxy groups -OCH3 is 1. The summed E-state index contributed by atoms with van der Waals surface area (Å²) in [5.41, 5.74) is -0.325. The molecular weight excluding hydrogens is 186 g/mol. The van der Waals surface area contributed by atoms with Crippen LogP contribution in [0.4, 0.5) is 0 Å². The van der Waals surface area contributed by atoms with Gasteiger partial charge in [0, 0.05) is 0 Å². The molecule has 0 atom stereocenters. The first kappa shape index (κ1) is 9.86. The normalized spacial score (nSPS) is 9.14. The zero-order chi connectivity index (χ0) is 10.7. The predicted molar refractivity (Wildman–Crippen MR) is 46.3 cm³/mol. The Morgan fingerprint density at radius 3 is 2.64 bits per heavy atom. The van der Waals surface area contributed by atoms with Gasteiger partial charge in [-0.2, -0.15) is 5.26 Å². The molecule has 1 aromatic rings. The van der Waals surface area contributed by atoms with Crippen LogP contribution in [-0.4, -0.2) is 23.3 Å². The minimum atomic E-state index is -1.34. The topological polar surface area (TPSA) is 90.5 Å². The quantitative estimate of drug-likeness (QED) is 0.730. The van der Waals surface area contributed by atoms with E-state index in [-0.39, 0.29) is 11.3 Å². The van der Waals surface area contributed by atoms with Crippen LogP contribution in [-0.2, 0) is 0 Å². The number of carboxylic acids is 1. The minimum Gasteiger partial charge on any atom is -0.507 e. The lowest BCUT2D eigenvalue weighted by molar-refractivity contribution is 0.0690. The number of aromatic carboxylic acids is 1. The second-order valence-corrected chi connectivity index (χ2v) is 2.46. The van der Waals surface area contributed by atoms with E-state index < -0.39 is 17.3 Å². The Morgan fingerprint density at radius 1 is 1.57 bits per heavy atom. The second kappa shape index (κ2) is 3.66. The lowest BCUT2D eigenvalue weighted by Crippen LogP contribution is -2.02. The van der Waals surface area contributed by atoms with Gasteiger partial charge in [0.1, 0.15) is 17.4 Å². The van der Waals surface area contributed by atoms with Crippen LogP contribution < -0.4 is 4.74 Å². The van der Waals surface area contributed by atoms with Crippen LogP contribution in [0.15, 0.2) is 12.1 Å². The summed E-state index contributed by atoms with van der Waals surface area (Å²) in [6, 6.07) is 4.21. The third-order valence-electron chi connectivity index (χ3n) is 1.67. The van der Waals surface area contributed by atoms with E-state index in [0.29, 0.717) is 0 Å². The maximum atomic E-state index is 10.7. The standard InChI is InChI=1S/C9H7NO4/c1-14-8-5(4-10)2-3-6(11)7(8)9(12)13/h2-3,11H,1H3,(H,12,13). The van der Waals surface area contributed by atoms with Gasteiger partial charge < -0.3 is 14.9 Å². The van der Waals surface area contributed by atoms with Crippen molar-refractivity contribution in [3.05, 3.63) is 23.3 Å². The first-order valence-corrected chi connectivity index (χ1v) is 3.65. The van der Waals surface area contributed by atoms with E-state index in [1.165, 1.54) is 13.2 Å². The highest BCUT2D eigenvalue weighted by molar-refractivity contribution is 5.95. The summed E-state index contributed by atoms with van der Waals surface area (Å²) in [5.74, 6) is -1.88. The van der Waals surface area contributed by atoms with Crippen molar-refractivity contribution < 1.29 is 19.7 Å². The number of hydrogen-bond acceptors (Lipinski definition) is 4. The molecule has 0 fully saturated rings. The number of ether oxygens (including phenoxy) is 1. The van der Waals surface area contributed by atoms with Crippen LogP contribution in [0.3, 0.4) is 0 Å². The molecule has 1 aromatic carbocycles. The molecule has 1 rings (SSSR count). The van der Waals surface area contributed by atoms with Gasteiger partial charge in [0.05, 0.1) is 12.7 Å². The van der Waals surface area contributed by atoms with Crippen LogP contribution in [0.25, 0.3) is 0 Å². The summed E-state index contributed by atoms with van der Waals surface area (Å²) < 4.78 is 4.75. The summed E-state index contributed by atoms with van der Waals surface area (Å²) in [6.45, 7) is 0. The van der Waals surface area contributed by atoms with E-state index in [4.69, 9.17) is 15.1 Å². The van der Waals surface area contributed by atoms with Crippen molar-refractivity contribution in [1.82, 2.24) is 0 Å². The SMILES string of the molecule is COc1c(C#N)ccc(O)c1C(=O)O. The molecule has 5 heteroatoms. The third kappa shape index (κ3) is 1.45. The number of rotatable bonds is 2. The first-order chi connectivity index (χ1) is 6.61. The summed E-state index contributed by atoms with van der Waals surface area (Å²) in [5, 5.41) is 26.6. The van der Waals surface area contributed by atoms with Crippen molar-refractivity contribution in [1.29, 1.82) is 5.26 Å². The maximum absolute atomic E-state index is 10.7. The van der Waals surface area contributed by atoms with Crippen molar-refractivity contribution in [3.63, 3.8) is 0 Å². The van der Waals surface area contributed by atoms with Gasteiger partial charge >= 0.3 is 5.97 Å². The molecule has 0 aliphatic heterocycles. The molecule has 2 N–H and O–H groups in total. The predicted octanol–water partition coefficient (Wildman–Crippen LogP) is 0.971. The highest BCUT2D eigenvalue weighted by atomic mass is 16.5. The number of carbonyl (C=O) groups is 1. The van der Waals surface area contributed by atoms with Crippen molar-refractivity contribution in [2.75, 3.05) is 7.11 Å². The fourth-order valence-electron chi connectivity index (χ4n) is 1.08. The van der Waals surface area contributed by atoms with E-state index in [1.807, 2.05) is 0 Å². The number of nitrogens with zero attached hydrogens (tertiary/aromatic N) is 1. The van der Waals surface area contributed by atoms with Gasteiger partial charge in [0.25, 0.3) is 0 Å². The lowest BCUT2D eigenvalue weighted by atomic mass is 10.1. The van der Waals surface area contributed by atoms with Gasteiger partial charge in [0.15, 0.2) is 5.75 Å². The van der Waals surface area contributed by atoms with Crippen LogP contribution in [0.2, 0.25) is 0 Å². The Hall–Kier alpha value is -2.22. The molecule has 0 unspecified atom stereocenters. The Balaban J connectivity index is 3.53. The molecule has 0 radical (unpaired) electrons. The molecular formula is C9H7NO4. The second-order valence-electron chi connectivity index (χ2n) is 2.46. The lowest BCUT2D eigenvalue weighted by Gasteiger charge is -2.07. The summed E-state index contributed by atoms with van der Waals surface area (Å²) in [4.78, 5) is 10.7. The number of phenols is 1. The van der Waals surface area contributed by atoms with Crippen molar-refractivity contribution in [3.8, 4) is 17.6 Å². The molecule has 0 saturated heterocycles. The van der Waals surface area contributed by atoms with E-state index >= 15 is 0 Å². The molecule has 0 aliphatic rings. The molecule has 0 aliphatic carbocycles. The summed E-state index contributed by atoms with van der Waals surface area (Å²) >= 11 is 0. The monoisotopic (exact) mass is 193 g/mol. The number of hydrogen-bond donors (Lipinski definition) is 2. The summed E-state index contributed by atoms with van der Waals surface area (Å²) in [6.07, 6.45) is 0. The van der Waals surface area contributed by atoms with E-state index in [1.54, 1.807) is 6.07 Å². The van der Waals surface area contributed by atoms with Gasteiger partial charge in [-0.3, -0.25) is 0 Å². The smallest absolute Gasteiger partial charge is 0.343 e. The fraction of sp³-hybridized carbons (Fsp3) is 0.111. The zero-order valence-corrected chi connectivity index (χ0v) is 7.31. The third-order valence-corrected chi connectivity index (χ3v) is 1.67. The number of benzene rings is 1. The summed E-state index contributed by atoms with van der Waals surface area (Å²) in [7, 11) is 1.24. The molecule has 0 spiro atoms. The Labute approximate surface area is 79.8 Å². The van der Waals surface area contributed by atoms with E-state index in [0.717, 1.165) is 6.07 Å². The number of aromatic hydroxyl groups is 1.